The van der Waals surface area contributed by atoms with Gasteiger partial charge in [0.25, 0.3) is 17.1 Å². The summed E-state index contributed by atoms with van der Waals surface area (Å²) in [5.74, 6) is 0. The molecule has 3 aromatic carbocycles. The summed E-state index contributed by atoms with van der Waals surface area (Å²) in [4.78, 5) is 31.5. The lowest BCUT2D eigenvalue weighted by molar-refractivity contribution is -0.392. The SMILES string of the molecule is O=[N+]([O-])c1ccc(Nc2c([N+](=O)[O-])cc([N+](=O)[O-])c3ccccc23)c(Cl)c1. The number of nitrogens with one attached hydrogen (secondary N) is 1. The molecule has 136 valence electrons. The van der Waals surface area contributed by atoms with Gasteiger partial charge in [0.2, 0.25) is 0 Å². The summed E-state index contributed by atoms with van der Waals surface area (Å²) < 4.78 is 0. The number of non-ortho nitro benzene ring substituents is 2. The molecule has 0 spiro atoms. The van der Waals surface area contributed by atoms with Crippen LogP contribution in [0.1, 0.15) is 0 Å². The standard InChI is InChI=1S/C16H9ClN4O6/c17-12-7-9(19(22)23)5-6-13(12)18-16-11-4-2-1-3-10(11)14(20(24)25)8-15(16)21(26)27/h1-8,18H. The summed E-state index contributed by atoms with van der Waals surface area (Å²) >= 11 is 6.04. The molecule has 0 aliphatic heterocycles. The lowest BCUT2D eigenvalue weighted by atomic mass is 10.0. The third-order valence-corrected chi connectivity index (χ3v) is 4.13. The van der Waals surface area contributed by atoms with Gasteiger partial charge in [-0.2, -0.15) is 0 Å². The first-order chi connectivity index (χ1) is 12.8. The Morgan fingerprint density at radius 3 is 1.96 bits per heavy atom. The molecule has 3 rings (SSSR count). The monoisotopic (exact) mass is 388 g/mol. The first-order valence-corrected chi connectivity index (χ1v) is 7.73. The number of hydrogen-bond donors (Lipinski definition) is 1. The van der Waals surface area contributed by atoms with Gasteiger partial charge in [-0.3, -0.25) is 30.3 Å². The predicted octanol–water partition coefficient (Wildman–Crippen LogP) is 4.96. The lowest BCUT2D eigenvalue weighted by Gasteiger charge is -2.12. The summed E-state index contributed by atoms with van der Waals surface area (Å²) in [6.07, 6.45) is 0. The summed E-state index contributed by atoms with van der Waals surface area (Å²) in [5, 5.41) is 36.8. The number of rotatable bonds is 5. The number of fused-ring (bicyclic) bond motifs is 1. The van der Waals surface area contributed by atoms with E-state index in [0.717, 1.165) is 12.1 Å². The van der Waals surface area contributed by atoms with E-state index < -0.39 is 26.1 Å². The van der Waals surface area contributed by atoms with Gasteiger partial charge < -0.3 is 5.32 Å². The van der Waals surface area contributed by atoms with Crippen molar-refractivity contribution in [3.63, 3.8) is 0 Å². The largest absolute Gasteiger partial charge is 0.348 e. The lowest BCUT2D eigenvalue weighted by Crippen LogP contribution is -2.01. The maximum atomic E-state index is 11.5. The summed E-state index contributed by atoms with van der Waals surface area (Å²) in [5.41, 5.74) is -0.984. The number of hydrogen-bond acceptors (Lipinski definition) is 7. The molecule has 27 heavy (non-hydrogen) atoms. The van der Waals surface area contributed by atoms with Gasteiger partial charge in [0.1, 0.15) is 5.69 Å². The van der Waals surface area contributed by atoms with Gasteiger partial charge in [-0.25, -0.2) is 0 Å². The minimum atomic E-state index is -0.749. The van der Waals surface area contributed by atoms with E-state index in [1.54, 1.807) is 12.1 Å². The van der Waals surface area contributed by atoms with Gasteiger partial charge in [0, 0.05) is 17.5 Å². The Labute approximate surface area is 155 Å². The first kappa shape index (κ1) is 18.0. The molecule has 0 unspecified atom stereocenters. The number of anilines is 2. The Morgan fingerprint density at radius 2 is 1.41 bits per heavy atom. The molecular formula is C16H9ClN4O6. The molecule has 0 saturated heterocycles. The number of nitro groups is 3. The zero-order valence-corrected chi connectivity index (χ0v) is 14.0. The third-order valence-electron chi connectivity index (χ3n) is 3.82. The molecule has 0 heterocycles. The Morgan fingerprint density at radius 1 is 0.778 bits per heavy atom. The molecular weight excluding hydrogens is 380 g/mol. The van der Waals surface area contributed by atoms with E-state index >= 15 is 0 Å². The molecule has 11 heteroatoms. The van der Waals surface area contributed by atoms with Crippen LogP contribution in [0.15, 0.2) is 48.5 Å². The van der Waals surface area contributed by atoms with Gasteiger partial charge in [-0.05, 0) is 12.1 Å². The molecule has 0 aromatic heterocycles. The molecule has 1 N–H and O–H groups in total. The van der Waals surface area contributed by atoms with Gasteiger partial charge in [-0.15, -0.1) is 0 Å². The summed E-state index contributed by atoms with van der Waals surface area (Å²) in [6.45, 7) is 0. The molecule has 10 nitrogen and oxygen atoms in total. The van der Waals surface area contributed by atoms with E-state index in [-0.39, 0.29) is 32.9 Å². The molecule has 0 amide bonds. The quantitative estimate of drug-likeness (QED) is 0.480. The average molecular weight is 389 g/mol. The van der Waals surface area contributed by atoms with E-state index in [2.05, 4.69) is 5.32 Å². The molecule has 0 fully saturated rings. The van der Waals surface area contributed by atoms with Crippen molar-refractivity contribution < 1.29 is 14.8 Å². The van der Waals surface area contributed by atoms with Crippen LogP contribution in [0.4, 0.5) is 28.4 Å². The van der Waals surface area contributed by atoms with Crippen molar-refractivity contribution in [1.29, 1.82) is 0 Å². The molecule has 0 aliphatic rings. The third kappa shape index (κ3) is 3.33. The normalized spacial score (nSPS) is 10.6. The van der Waals surface area contributed by atoms with Crippen LogP contribution in [0, 0.1) is 30.3 Å². The molecule has 0 radical (unpaired) electrons. The topological polar surface area (TPSA) is 141 Å². The second-order valence-electron chi connectivity index (χ2n) is 5.40. The fourth-order valence-corrected chi connectivity index (χ4v) is 2.84. The van der Waals surface area contributed by atoms with Crippen molar-refractivity contribution in [2.75, 3.05) is 5.32 Å². The van der Waals surface area contributed by atoms with E-state index in [4.69, 9.17) is 11.6 Å². The summed E-state index contributed by atoms with van der Waals surface area (Å²) in [6, 6.07) is 10.6. The second kappa shape index (κ2) is 6.84. The maximum Gasteiger partial charge on any atom is 0.300 e. The van der Waals surface area contributed by atoms with E-state index in [0.29, 0.717) is 0 Å². The molecule has 0 aliphatic carbocycles. The van der Waals surface area contributed by atoms with Crippen LogP contribution in [-0.2, 0) is 0 Å². The number of nitrogens with zero attached hydrogens (tertiary/aromatic N) is 3. The Hall–Kier alpha value is -3.79. The number of halogens is 1. The fraction of sp³-hybridized carbons (Fsp3) is 0. The van der Waals surface area contributed by atoms with E-state index in [1.807, 2.05) is 0 Å². The van der Waals surface area contributed by atoms with Crippen molar-refractivity contribution in [3.8, 4) is 0 Å². The Bertz CT molecular complexity index is 1120. The van der Waals surface area contributed by atoms with Crippen molar-refractivity contribution in [2.24, 2.45) is 0 Å². The van der Waals surface area contributed by atoms with Gasteiger partial charge in [0.15, 0.2) is 0 Å². The fourth-order valence-electron chi connectivity index (χ4n) is 2.62. The van der Waals surface area contributed by atoms with E-state index in [9.17, 15) is 30.3 Å². The van der Waals surface area contributed by atoms with Crippen molar-refractivity contribution in [1.82, 2.24) is 0 Å². The Balaban J connectivity index is 2.24. The zero-order valence-electron chi connectivity index (χ0n) is 13.3. The van der Waals surface area contributed by atoms with Crippen molar-refractivity contribution in [2.45, 2.75) is 0 Å². The average Bonchev–Trinajstić information content (AvgIpc) is 2.62. The van der Waals surface area contributed by atoms with E-state index in [1.165, 1.54) is 24.3 Å². The highest BCUT2D eigenvalue weighted by molar-refractivity contribution is 6.33. The highest BCUT2D eigenvalue weighted by Crippen LogP contribution is 2.41. The van der Waals surface area contributed by atoms with Crippen molar-refractivity contribution in [3.05, 3.63) is 83.9 Å². The van der Waals surface area contributed by atoms with Crippen LogP contribution < -0.4 is 5.32 Å². The second-order valence-corrected chi connectivity index (χ2v) is 5.80. The molecule has 0 bridgehead atoms. The van der Waals surface area contributed by atoms with Crippen LogP contribution in [-0.4, -0.2) is 14.8 Å². The van der Waals surface area contributed by atoms with Gasteiger partial charge in [-0.1, -0.05) is 29.8 Å². The van der Waals surface area contributed by atoms with Crippen molar-refractivity contribution >= 4 is 50.8 Å². The molecule has 0 atom stereocenters. The molecule has 3 aromatic rings. The smallest absolute Gasteiger partial charge is 0.300 e. The van der Waals surface area contributed by atoms with Crippen LogP contribution in [0.3, 0.4) is 0 Å². The maximum absolute atomic E-state index is 11.5. The first-order valence-electron chi connectivity index (χ1n) is 7.35. The van der Waals surface area contributed by atoms with Gasteiger partial charge in [0.05, 0.1) is 36.9 Å². The van der Waals surface area contributed by atoms with Crippen LogP contribution in [0.25, 0.3) is 10.8 Å². The molecule has 0 saturated carbocycles. The highest BCUT2D eigenvalue weighted by Gasteiger charge is 2.26. The van der Waals surface area contributed by atoms with Crippen LogP contribution in [0.2, 0.25) is 5.02 Å². The minimum absolute atomic E-state index is 0.00282. The number of benzene rings is 3. The zero-order chi connectivity index (χ0) is 19.7. The van der Waals surface area contributed by atoms with Gasteiger partial charge >= 0.3 is 0 Å². The van der Waals surface area contributed by atoms with Crippen LogP contribution >= 0.6 is 11.6 Å². The minimum Gasteiger partial charge on any atom is -0.348 e. The number of nitro benzene ring substituents is 3. The summed E-state index contributed by atoms with van der Waals surface area (Å²) in [7, 11) is 0. The Kier molecular flexibility index (Phi) is 4.57. The predicted molar refractivity (Wildman–Crippen MR) is 98.6 cm³/mol. The highest BCUT2D eigenvalue weighted by atomic mass is 35.5. The van der Waals surface area contributed by atoms with Crippen LogP contribution in [0.5, 0.6) is 0 Å².